The van der Waals surface area contributed by atoms with Crippen LogP contribution in [0.1, 0.15) is 31.7 Å². The van der Waals surface area contributed by atoms with E-state index in [0.717, 1.165) is 25.4 Å². The summed E-state index contributed by atoms with van der Waals surface area (Å²) >= 11 is 0. The van der Waals surface area contributed by atoms with E-state index >= 15 is 0 Å². The van der Waals surface area contributed by atoms with Crippen LogP contribution in [0, 0.1) is 0 Å². The highest BCUT2D eigenvalue weighted by atomic mass is 15.2. The van der Waals surface area contributed by atoms with E-state index in [0.29, 0.717) is 6.04 Å². The molecular weight excluding hydrogens is 208 g/mol. The van der Waals surface area contributed by atoms with Crippen LogP contribution < -0.4 is 5.73 Å². The molecule has 0 aliphatic carbocycles. The first-order chi connectivity index (χ1) is 8.25. The minimum atomic E-state index is 0.316. The minimum absolute atomic E-state index is 0.316. The van der Waals surface area contributed by atoms with Crippen molar-refractivity contribution in [2.24, 2.45) is 5.73 Å². The van der Waals surface area contributed by atoms with Gasteiger partial charge in [0, 0.05) is 18.6 Å². The van der Waals surface area contributed by atoms with E-state index in [1.165, 1.54) is 24.9 Å². The second-order valence-electron chi connectivity index (χ2n) is 5.27. The Balaban J connectivity index is 1.72. The Kier molecular flexibility index (Phi) is 4.57. The molecule has 2 unspecified atom stereocenters. The van der Waals surface area contributed by atoms with E-state index < -0.39 is 0 Å². The van der Waals surface area contributed by atoms with Gasteiger partial charge in [0.05, 0.1) is 0 Å². The minimum Gasteiger partial charge on any atom is -0.327 e. The zero-order valence-electron chi connectivity index (χ0n) is 10.8. The Morgan fingerprint density at radius 2 is 2.12 bits per heavy atom. The van der Waals surface area contributed by atoms with Crippen LogP contribution in [0.5, 0.6) is 0 Å². The van der Waals surface area contributed by atoms with Gasteiger partial charge >= 0.3 is 0 Å². The first-order valence-electron chi connectivity index (χ1n) is 6.79. The molecular formula is C15H24N2. The van der Waals surface area contributed by atoms with Gasteiger partial charge in [-0.05, 0) is 44.7 Å². The standard InChI is InChI=1S/C15H24N2/c1-13-6-5-11-17(13)12-15(16)10-9-14-7-3-2-4-8-14/h2-4,7-8,13,15H,5-6,9-12,16H2,1H3. The van der Waals surface area contributed by atoms with Crippen LogP contribution in [-0.2, 0) is 6.42 Å². The first kappa shape index (κ1) is 12.6. The number of nitrogens with zero attached hydrogens (tertiary/aromatic N) is 1. The van der Waals surface area contributed by atoms with Crippen LogP contribution in [0.4, 0.5) is 0 Å². The number of likely N-dealkylation sites (tertiary alicyclic amines) is 1. The zero-order valence-corrected chi connectivity index (χ0v) is 10.8. The molecule has 17 heavy (non-hydrogen) atoms. The molecule has 1 aliphatic heterocycles. The topological polar surface area (TPSA) is 29.3 Å². The molecule has 0 spiro atoms. The molecule has 1 aromatic rings. The smallest absolute Gasteiger partial charge is 0.0171 e. The second kappa shape index (κ2) is 6.18. The molecule has 2 N–H and O–H groups in total. The Morgan fingerprint density at radius 1 is 1.35 bits per heavy atom. The third-order valence-corrected chi connectivity index (χ3v) is 3.81. The maximum absolute atomic E-state index is 6.22. The third kappa shape index (κ3) is 3.83. The van der Waals surface area contributed by atoms with Gasteiger partial charge in [-0.15, -0.1) is 0 Å². The molecule has 2 heteroatoms. The Hall–Kier alpha value is -0.860. The van der Waals surface area contributed by atoms with E-state index in [9.17, 15) is 0 Å². The van der Waals surface area contributed by atoms with E-state index in [-0.39, 0.29) is 0 Å². The number of aryl methyl sites for hydroxylation is 1. The highest BCUT2D eigenvalue weighted by Gasteiger charge is 2.21. The summed E-state index contributed by atoms with van der Waals surface area (Å²) in [6.45, 7) is 4.62. The fourth-order valence-corrected chi connectivity index (χ4v) is 2.65. The van der Waals surface area contributed by atoms with Gasteiger partial charge in [-0.2, -0.15) is 0 Å². The van der Waals surface area contributed by atoms with Gasteiger partial charge < -0.3 is 5.73 Å². The lowest BCUT2D eigenvalue weighted by Gasteiger charge is -2.24. The molecule has 94 valence electrons. The molecule has 1 heterocycles. The summed E-state index contributed by atoms with van der Waals surface area (Å²) in [5, 5.41) is 0. The van der Waals surface area contributed by atoms with Crippen molar-refractivity contribution in [2.45, 2.75) is 44.7 Å². The SMILES string of the molecule is CC1CCCN1CC(N)CCc1ccccc1. The summed E-state index contributed by atoms with van der Waals surface area (Å²) in [4.78, 5) is 2.54. The zero-order chi connectivity index (χ0) is 12.1. The largest absolute Gasteiger partial charge is 0.327 e. The van der Waals surface area contributed by atoms with Gasteiger partial charge in [0.15, 0.2) is 0 Å². The van der Waals surface area contributed by atoms with Crippen LogP contribution in [0.15, 0.2) is 30.3 Å². The molecule has 2 atom stereocenters. The lowest BCUT2D eigenvalue weighted by molar-refractivity contribution is 0.247. The predicted molar refractivity (Wildman–Crippen MR) is 73.0 cm³/mol. The predicted octanol–water partition coefficient (Wildman–Crippen LogP) is 2.43. The van der Waals surface area contributed by atoms with E-state index in [2.05, 4.69) is 42.2 Å². The van der Waals surface area contributed by atoms with Gasteiger partial charge in [0.2, 0.25) is 0 Å². The molecule has 0 radical (unpaired) electrons. The van der Waals surface area contributed by atoms with Gasteiger partial charge in [-0.25, -0.2) is 0 Å². The monoisotopic (exact) mass is 232 g/mol. The fraction of sp³-hybridized carbons (Fsp3) is 0.600. The molecule has 1 aromatic carbocycles. The van der Waals surface area contributed by atoms with Crippen molar-refractivity contribution in [2.75, 3.05) is 13.1 Å². The summed E-state index contributed by atoms with van der Waals surface area (Å²) < 4.78 is 0. The van der Waals surface area contributed by atoms with Gasteiger partial charge in [0.25, 0.3) is 0 Å². The highest BCUT2D eigenvalue weighted by molar-refractivity contribution is 5.14. The van der Waals surface area contributed by atoms with Gasteiger partial charge in [0.1, 0.15) is 0 Å². The normalized spacial score (nSPS) is 22.8. The van der Waals surface area contributed by atoms with Crippen molar-refractivity contribution < 1.29 is 0 Å². The maximum atomic E-state index is 6.22. The third-order valence-electron chi connectivity index (χ3n) is 3.81. The number of hydrogen-bond acceptors (Lipinski definition) is 2. The van der Waals surface area contributed by atoms with E-state index in [1.807, 2.05) is 0 Å². The Morgan fingerprint density at radius 3 is 2.76 bits per heavy atom. The number of hydrogen-bond donors (Lipinski definition) is 1. The van der Waals surface area contributed by atoms with Crippen molar-refractivity contribution in [3.05, 3.63) is 35.9 Å². The molecule has 1 saturated heterocycles. The van der Waals surface area contributed by atoms with Crippen LogP contribution in [0.2, 0.25) is 0 Å². The van der Waals surface area contributed by atoms with Crippen LogP contribution in [0.25, 0.3) is 0 Å². The Bertz CT molecular complexity index is 323. The van der Waals surface area contributed by atoms with Gasteiger partial charge in [-0.3, -0.25) is 4.90 Å². The summed E-state index contributed by atoms with van der Waals surface area (Å²) in [6.07, 6.45) is 4.87. The van der Waals surface area contributed by atoms with Crippen molar-refractivity contribution >= 4 is 0 Å². The van der Waals surface area contributed by atoms with Crippen LogP contribution in [0.3, 0.4) is 0 Å². The van der Waals surface area contributed by atoms with E-state index in [1.54, 1.807) is 0 Å². The van der Waals surface area contributed by atoms with Crippen LogP contribution >= 0.6 is 0 Å². The molecule has 0 bridgehead atoms. The average molecular weight is 232 g/mol. The molecule has 0 aromatic heterocycles. The molecule has 0 amide bonds. The van der Waals surface area contributed by atoms with E-state index in [4.69, 9.17) is 5.73 Å². The molecule has 0 saturated carbocycles. The summed E-state index contributed by atoms with van der Waals surface area (Å²) in [5.74, 6) is 0. The van der Waals surface area contributed by atoms with Crippen molar-refractivity contribution in [3.63, 3.8) is 0 Å². The summed E-state index contributed by atoms with van der Waals surface area (Å²) in [5.41, 5.74) is 7.62. The second-order valence-corrected chi connectivity index (χ2v) is 5.27. The molecule has 2 nitrogen and oxygen atoms in total. The molecule has 1 fully saturated rings. The molecule has 1 aliphatic rings. The quantitative estimate of drug-likeness (QED) is 0.845. The Labute approximate surface area is 105 Å². The number of rotatable bonds is 5. The van der Waals surface area contributed by atoms with Crippen LogP contribution in [-0.4, -0.2) is 30.1 Å². The van der Waals surface area contributed by atoms with Crippen molar-refractivity contribution in [1.29, 1.82) is 0 Å². The summed E-state index contributed by atoms with van der Waals surface area (Å²) in [6, 6.07) is 11.7. The lowest BCUT2D eigenvalue weighted by atomic mass is 10.1. The fourth-order valence-electron chi connectivity index (χ4n) is 2.65. The lowest BCUT2D eigenvalue weighted by Crippen LogP contribution is -2.39. The maximum Gasteiger partial charge on any atom is 0.0171 e. The van der Waals surface area contributed by atoms with Crippen molar-refractivity contribution in [1.82, 2.24) is 4.90 Å². The number of nitrogens with two attached hydrogens (primary N) is 1. The van der Waals surface area contributed by atoms with Gasteiger partial charge in [-0.1, -0.05) is 30.3 Å². The first-order valence-corrected chi connectivity index (χ1v) is 6.79. The molecule has 2 rings (SSSR count). The number of benzene rings is 1. The average Bonchev–Trinajstić information content (AvgIpc) is 2.74. The highest BCUT2D eigenvalue weighted by Crippen LogP contribution is 2.16. The summed E-state index contributed by atoms with van der Waals surface area (Å²) in [7, 11) is 0. The van der Waals surface area contributed by atoms with Crippen molar-refractivity contribution in [3.8, 4) is 0 Å².